The Morgan fingerprint density at radius 2 is 1.44 bits per heavy atom. The largest absolute Gasteiger partial charge is 0.393 e. The minimum absolute atomic E-state index is 0.161. The van der Waals surface area contributed by atoms with Crippen molar-refractivity contribution in [1.29, 1.82) is 0 Å². The Kier molecular flexibility index (Phi) is 12.9. The van der Waals surface area contributed by atoms with Gasteiger partial charge in [0.2, 0.25) is 0 Å². The lowest BCUT2D eigenvalue weighted by Gasteiger charge is -2.06. The second kappa shape index (κ2) is 13.0. The van der Waals surface area contributed by atoms with Crippen LogP contribution in [0.25, 0.3) is 0 Å². The number of aliphatic hydroxyl groups is 1. The van der Waals surface area contributed by atoms with Crippen molar-refractivity contribution in [2.75, 3.05) is 13.1 Å². The molecular weight excluding hydrogens is 198 g/mol. The van der Waals surface area contributed by atoms with Gasteiger partial charge in [-0.25, -0.2) is 0 Å². The molecule has 0 saturated heterocycles. The van der Waals surface area contributed by atoms with Crippen LogP contribution in [0, 0.1) is 0 Å². The molecule has 0 bridgehead atoms. The van der Waals surface area contributed by atoms with Gasteiger partial charge in [0.15, 0.2) is 0 Å². The molecule has 0 saturated carbocycles. The molecule has 2 heteroatoms. The number of hydrogen-bond donors (Lipinski definition) is 2. The Labute approximate surface area is 102 Å². The van der Waals surface area contributed by atoms with Gasteiger partial charge < -0.3 is 10.4 Å². The molecule has 0 aromatic heterocycles. The zero-order chi connectivity index (χ0) is 12.1. The molecule has 0 amide bonds. The summed E-state index contributed by atoms with van der Waals surface area (Å²) in [7, 11) is 0. The third-order valence-electron chi connectivity index (χ3n) is 2.95. The van der Waals surface area contributed by atoms with Crippen LogP contribution in [-0.4, -0.2) is 24.3 Å². The monoisotopic (exact) mass is 229 g/mol. The molecule has 0 spiro atoms. The van der Waals surface area contributed by atoms with Gasteiger partial charge in [-0.3, -0.25) is 0 Å². The summed E-state index contributed by atoms with van der Waals surface area (Å²) in [5, 5.41) is 12.4. The molecule has 0 heterocycles. The van der Waals surface area contributed by atoms with E-state index in [1.807, 2.05) is 6.92 Å². The third-order valence-corrected chi connectivity index (χ3v) is 2.95. The fourth-order valence-corrected chi connectivity index (χ4v) is 1.82. The van der Waals surface area contributed by atoms with Gasteiger partial charge in [0.05, 0.1) is 6.10 Å². The van der Waals surface area contributed by atoms with Crippen molar-refractivity contribution < 1.29 is 5.11 Å². The molecule has 98 valence electrons. The molecule has 1 atom stereocenters. The van der Waals surface area contributed by atoms with E-state index in [9.17, 15) is 0 Å². The number of hydrogen-bond acceptors (Lipinski definition) is 2. The van der Waals surface area contributed by atoms with Gasteiger partial charge in [-0.2, -0.15) is 0 Å². The molecule has 0 rings (SSSR count). The van der Waals surface area contributed by atoms with Crippen LogP contribution in [0.2, 0.25) is 0 Å². The van der Waals surface area contributed by atoms with Crippen molar-refractivity contribution in [2.45, 2.75) is 77.7 Å². The summed E-state index contributed by atoms with van der Waals surface area (Å²) in [5.74, 6) is 0. The highest BCUT2D eigenvalue weighted by molar-refractivity contribution is 4.53. The van der Waals surface area contributed by atoms with Crippen molar-refractivity contribution in [3.63, 3.8) is 0 Å². The fraction of sp³-hybridized carbons (Fsp3) is 1.00. The smallest absolute Gasteiger partial charge is 0.0524 e. The minimum Gasteiger partial charge on any atom is -0.393 e. The van der Waals surface area contributed by atoms with E-state index in [0.717, 1.165) is 19.5 Å². The van der Waals surface area contributed by atoms with Crippen molar-refractivity contribution in [3.8, 4) is 0 Å². The van der Waals surface area contributed by atoms with Crippen LogP contribution >= 0.6 is 0 Å². The van der Waals surface area contributed by atoms with Crippen molar-refractivity contribution in [3.05, 3.63) is 0 Å². The first kappa shape index (κ1) is 15.9. The van der Waals surface area contributed by atoms with E-state index in [0.29, 0.717) is 0 Å². The second-order valence-corrected chi connectivity index (χ2v) is 4.86. The third kappa shape index (κ3) is 13.9. The van der Waals surface area contributed by atoms with Gasteiger partial charge in [-0.1, -0.05) is 51.9 Å². The van der Waals surface area contributed by atoms with E-state index in [4.69, 9.17) is 5.11 Å². The quantitative estimate of drug-likeness (QED) is 0.502. The number of aliphatic hydroxyl groups excluding tert-OH is 1. The lowest BCUT2D eigenvalue weighted by atomic mass is 10.1. The first-order chi connectivity index (χ1) is 7.77. The van der Waals surface area contributed by atoms with Gasteiger partial charge in [0.1, 0.15) is 0 Å². The van der Waals surface area contributed by atoms with Crippen LogP contribution in [-0.2, 0) is 0 Å². The van der Waals surface area contributed by atoms with E-state index >= 15 is 0 Å². The molecule has 16 heavy (non-hydrogen) atoms. The summed E-state index contributed by atoms with van der Waals surface area (Å²) in [5.41, 5.74) is 0. The predicted molar refractivity (Wildman–Crippen MR) is 71.8 cm³/mol. The van der Waals surface area contributed by atoms with Crippen LogP contribution in [0.4, 0.5) is 0 Å². The minimum atomic E-state index is -0.161. The maximum atomic E-state index is 9.06. The normalized spacial score (nSPS) is 12.9. The number of unbranched alkanes of at least 4 members (excludes halogenated alkanes) is 7. The average Bonchev–Trinajstić information content (AvgIpc) is 2.25. The maximum absolute atomic E-state index is 9.06. The first-order valence-corrected chi connectivity index (χ1v) is 7.16. The van der Waals surface area contributed by atoms with Crippen LogP contribution in [0.3, 0.4) is 0 Å². The van der Waals surface area contributed by atoms with Crippen molar-refractivity contribution in [2.24, 2.45) is 0 Å². The highest BCUT2D eigenvalue weighted by atomic mass is 16.3. The molecule has 0 aliphatic carbocycles. The molecule has 1 unspecified atom stereocenters. The van der Waals surface area contributed by atoms with Crippen molar-refractivity contribution in [1.82, 2.24) is 5.32 Å². The average molecular weight is 229 g/mol. The van der Waals surface area contributed by atoms with Gasteiger partial charge in [0.25, 0.3) is 0 Å². The summed E-state index contributed by atoms with van der Waals surface area (Å²) in [6.07, 6.45) is 11.7. The topological polar surface area (TPSA) is 32.3 Å². The van der Waals surface area contributed by atoms with Gasteiger partial charge in [-0.15, -0.1) is 0 Å². The SMILES string of the molecule is CCCCCCCCCCNCCC(C)O. The Hall–Kier alpha value is -0.0800. The number of rotatable bonds is 12. The van der Waals surface area contributed by atoms with Gasteiger partial charge in [0, 0.05) is 0 Å². The fourth-order valence-electron chi connectivity index (χ4n) is 1.82. The molecular formula is C14H31NO. The zero-order valence-electron chi connectivity index (χ0n) is 11.3. The van der Waals surface area contributed by atoms with Crippen LogP contribution < -0.4 is 5.32 Å². The standard InChI is InChI=1S/C14H31NO/c1-3-4-5-6-7-8-9-10-12-15-13-11-14(2)16/h14-16H,3-13H2,1-2H3. The Morgan fingerprint density at radius 1 is 0.875 bits per heavy atom. The number of nitrogens with one attached hydrogen (secondary N) is 1. The van der Waals surface area contributed by atoms with E-state index in [1.165, 1.54) is 51.4 Å². The van der Waals surface area contributed by atoms with Crippen molar-refractivity contribution >= 4 is 0 Å². The summed E-state index contributed by atoms with van der Waals surface area (Å²) >= 11 is 0. The van der Waals surface area contributed by atoms with E-state index < -0.39 is 0 Å². The van der Waals surface area contributed by atoms with Crippen LogP contribution in [0.5, 0.6) is 0 Å². The molecule has 0 aromatic carbocycles. The predicted octanol–water partition coefficient (Wildman–Crippen LogP) is 3.49. The zero-order valence-corrected chi connectivity index (χ0v) is 11.3. The Morgan fingerprint density at radius 3 is 2.00 bits per heavy atom. The highest BCUT2D eigenvalue weighted by Crippen LogP contribution is 2.07. The van der Waals surface area contributed by atoms with E-state index in [-0.39, 0.29) is 6.10 Å². The molecule has 2 N–H and O–H groups in total. The Bertz CT molecular complexity index is 126. The van der Waals surface area contributed by atoms with E-state index in [1.54, 1.807) is 0 Å². The molecule has 0 aliphatic rings. The lowest BCUT2D eigenvalue weighted by molar-refractivity contribution is 0.184. The second-order valence-electron chi connectivity index (χ2n) is 4.86. The van der Waals surface area contributed by atoms with Crippen LogP contribution in [0.15, 0.2) is 0 Å². The molecule has 0 aliphatic heterocycles. The van der Waals surface area contributed by atoms with Gasteiger partial charge >= 0.3 is 0 Å². The Balaban J connectivity index is 2.88. The van der Waals surface area contributed by atoms with Crippen LogP contribution in [0.1, 0.15) is 71.6 Å². The summed E-state index contributed by atoms with van der Waals surface area (Å²) in [6.45, 7) is 6.17. The van der Waals surface area contributed by atoms with Gasteiger partial charge in [-0.05, 0) is 32.9 Å². The highest BCUT2D eigenvalue weighted by Gasteiger charge is 1.94. The molecule has 0 fully saturated rings. The maximum Gasteiger partial charge on any atom is 0.0524 e. The first-order valence-electron chi connectivity index (χ1n) is 7.16. The molecule has 0 aromatic rings. The summed E-state index contributed by atoms with van der Waals surface area (Å²) in [6, 6.07) is 0. The van der Waals surface area contributed by atoms with E-state index in [2.05, 4.69) is 12.2 Å². The lowest BCUT2D eigenvalue weighted by Crippen LogP contribution is -2.20. The summed E-state index contributed by atoms with van der Waals surface area (Å²) in [4.78, 5) is 0. The molecule has 0 radical (unpaired) electrons. The summed E-state index contributed by atoms with van der Waals surface area (Å²) < 4.78 is 0. The molecule has 2 nitrogen and oxygen atoms in total.